The Morgan fingerprint density at radius 1 is 1.64 bits per heavy atom. The molecule has 0 atom stereocenters. The maximum Gasteiger partial charge on any atom is 0.337 e. The molecule has 0 spiro atoms. The van der Waals surface area contributed by atoms with Gasteiger partial charge in [-0.15, -0.1) is 0 Å². The highest BCUT2D eigenvalue weighted by Gasteiger charge is 2.08. The van der Waals surface area contributed by atoms with E-state index in [1.54, 1.807) is 0 Å². The summed E-state index contributed by atoms with van der Waals surface area (Å²) in [6.07, 6.45) is 0. The van der Waals surface area contributed by atoms with Crippen LogP contribution in [0.4, 0.5) is 10.1 Å². The number of nitrogens with zero attached hydrogens (tertiary/aromatic N) is 3. The predicted octanol–water partition coefficient (Wildman–Crippen LogP) is 2.55. The lowest BCUT2D eigenvalue weighted by molar-refractivity contribution is 0.0600. The highest BCUT2D eigenvalue weighted by molar-refractivity contribution is 5.90. The first-order valence-corrected chi connectivity index (χ1v) is 3.62. The Morgan fingerprint density at radius 2 is 2.36 bits per heavy atom. The number of ether oxygens (including phenoxy) is 1. The largest absolute Gasteiger partial charge is 0.465 e. The first kappa shape index (κ1) is 10.0. The monoisotopic (exact) mass is 195 g/mol. The lowest BCUT2D eigenvalue weighted by Crippen LogP contribution is -2.00. The van der Waals surface area contributed by atoms with Gasteiger partial charge in [0, 0.05) is 4.91 Å². The van der Waals surface area contributed by atoms with Crippen LogP contribution in [0.1, 0.15) is 10.4 Å². The predicted molar refractivity (Wildman–Crippen MR) is 46.5 cm³/mol. The van der Waals surface area contributed by atoms with Gasteiger partial charge in [-0.25, -0.2) is 9.18 Å². The Morgan fingerprint density at radius 3 is 2.93 bits per heavy atom. The molecule has 14 heavy (non-hydrogen) atoms. The molecule has 0 heterocycles. The molecular weight excluding hydrogens is 189 g/mol. The molecule has 0 radical (unpaired) electrons. The van der Waals surface area contributed by atoms with Crippen molar-refractivity contribution in [3.05, 3.63) is 40.0 Å². The van der Waals surface area contributed by atoms with Crippen LogP contribution in [-0.4, -0.2) is 13.1 Å². The standard InChI is InChI=1S/C8H6FN3O2/c1-14-8(13)5-2-3-6(9)7(4-5)11-12-10/h2-4H,1H3. The molecule has 0 saturated heterocycles. The van der Waals surface area contributed by atoms with Crippen molar-refractivity contribution >= 4 is 11.7 Å². The van der Waals surface area contributed by atoms with Crippen molar-refractivity contribution in [2.24, 2.45) is 5.11 Å². The lowest BCUT2D eigenvalue weighted by atomic mass is 10.2. The number of benzene rings is 1. The van der Waals surface area contributed by atoms with Gasteiger partial charge in [0.25, 0.3) is 0 Å². The molecule has 0 bridgehead atoms. The number of methoxy groups -OCH3 is 1. The molecule has 72 valence electrons. The summed E-state index contributed by atoms with van der Waals surface area (Å²) >= 11 is 0. The maximum absolute atomic E-state index is 12.9. The number of esters is 1. The molecule has 0 aliphatic carbocycles. The lowest BCUT2D eigenvalue weighted by Gasteiger charge is -2.00. The van der Waals surface area contributed by atoms with Gasteiger partial charge in [0.15, 0.2) is 0 Å². The third-order valence-electron chi connectivity index (χ3n) is 1.52. The molecule has 1 aromatic carbocycles. The molecule has 0 aliphatic heterocycles. The van der Waals surface area contributed by atoms with Gasteiger partial charge >= 0.3 is 5.97 Å². The quantitative estimate of drug-likeness (QED) is 0.314. The Bertz CT molecular complexity index is 413. The van der Waals surface area contributed by atoms with E-state index in [9.17, 15) is 9.18 Å². The molecule has 5 nitrogen and oxygen atoms in total. The average Bonchev–Trinajstić information content (AvgIpc) is 2.20. The molecule has 1 rings (SSSR count). The fourth-order valence-corrected chi connectivity index (χ4v) is 0.882. The topological polar surface area (TPSA) is 75.1 Å². The van der Waals surface area contributed by atoms with E-state index in [1.165, 1.54) is 13.2 Å². The first-order chi connectivity index (χ1) is 6.69. The normalized spacial score (nSPS) is 9.00. The number of hydrogen-bond acceptors (Lipinski definition) is 3. The molecule has 0 aromatic heterocycles. The molecule has 0 unspecified atom stereocenters. The summed E-state index contributed by atoms with van der Waals surface area (Å²) in [5.41, 5.74) is 8.02. The maximum atomic E-state index is 12.9. The van der Waals surface area contributed by atoms with Gasteiger partial charge < -0.3 is 4.74 Å². The fraction of sp³-hybridized carbons (Fsp3) is 0.125. The minimum atomic E-state index is -0.685. The van der Waals surface area contributed by atoms with E-state index < -0.39 is 11.8 Å². The zero-order chi connectivity index (χ0) is 10.6. The van der Waals surface area contributed by atoms with E-state index >= 15 is 0 Å². The van der Waals surface area contributed by atoms with Crippen LogP contribution in [0.3, 0.4) is 0 Å². The van der Waals surface area contributed by atoms with Gasteiger partial charge in [-0.1, -0.05) is 5.11 Å². The summed E-state index contributed by atoms with van der Waals surface area (Å²) < 4.78 is 17.3. The van der Waals surface area contributed by atoms with Crippen molar-refractivity contribution in [2.75, 3.05) is 7.11 Å². The van der Waals surface area contributed by atoms with Gasteiger partial charge in [0.2, 0.25) is 0 Å². The smallest absolute Gasteiger partial charge is 0.337 e. The third kappa shape index (κ3) is 1.99. The number of hydrogen-bond donors (Lipinski definition) is 0. The third-order valence-corrected chi connectivity index (χ3v) is 1.52. The highest BCUT2D eigenvalue weighted by atomic mass is 19.1. The SMILES string of the molecule is COC(=O)c1ccc(F)c(N=[N+]=[N-])c1. The van der Waals surface area contributed by atoms with Crippen molar-refractivity contribution in [3.63, 3.8) is 0 Å². The molecular formula is C8H6FN3O2. The van der Waals surface area contributed by atoms with Crippen LogP contribution < -0.4 is 0 Å². The van der Waals surface area contributed by atoms with Crippen LogP contribution in [0, 0.1) is 5.82 Å². The fourth-order valence-electron chi connectivity index (χ4n) is 0.882. The molecule has 0 N–H and O–H groups in total. The second-order valence-electron chi connectivity index (χ2n) is 2.35. The Hall–Kier alpha value is -2.07. The van der Waals surface area contributed by atoms with Crippen LogP contribution in [0.5, 0.6) is 0 Å². The number of halogens is 1. The van der Waals surface area contributed by atoms with E-state index in [1.807, 2.05) is 0 Å². The van der Waals surface area contributed by atoms with Crippen LogP contribution in [0.2, 0.25) is 0 Å². The van der Waals surface area contributed by atoms with Gasteiger partial charge in [-0.2, -0.15) is 0 Å². The average molecular weight is 195 g/mol. The number of carbonyl (C=O) groups excluding carboxylic acids is 1. The first-order valence-electron chi connectivity index (χ1n) is 3.62. The molecule has 0 saturated carbocycles. The Kier molecular flexibility index (Phi) is 3.04. The number of azide groups is 1. The minimum absolute atomic E-state index is 0.135. The zero-order valence-electron chi connectivity index (χ0n) is 7.27. The molecule has 1 aromatic rings. The highest BCUT2D eigenvalue weighted by Crippen LogP contribution is 2.19. The zero-order valence-corrected chi connectivity index (χ0v) is 7.27. The number of rotatable bonds is 2. The van der Waals surface area contributed by atoms with Crippen molar-refractivity contribution in [1.82, 2.24) is 0 Å². The van der Waals surface area contributed by atoms with Crippen molar-refractivity contribution < 1.29 is 13.9 Å². The molecule has 0 amide bonds. The van der Waals surface area contributed by atoms with E-state index in [0.29, 0.717) is 0 Å². The van der Waals surface area contributed by atoms with Crippen LogP contribution >= 0.6 is 0 Å². The van der Waals surface area contributed by atoms with Crippen molar-refractivity contribution in [3.8, 4) is 0 Å². The number of carbonyl (C=O) groups is 1. The van der Waals surface area contributed by atoms with Crippen molar-refractivity contribution in [2.45, 2.75) is 0 Å². The summed E-state index contributed by atoms with van der Waals surface area (Å²) in [6, 6.07) is 3.41. The van der Waals surface area contributed by atoms with Gasteiger partial charge in [-0.05, 0) is 23.7 Å². The minimum Gasteiger partial charge on any atom is -0.465 e. The molecule has 0 fully saturated rings. The summed E-state index contributed by atoms with van der Waals surface area (Å²) in [5.74, 6) is -1.30. The van der Waals surface area contributed by atoms with Crippen LogP contribution in [-0.2, 0) is 4.74 Å². The molecule has 6 heteroatoms. The van der Waals surface area contributed by atoms with E-state index in [4.69, 9.17) is 5.53 Å². The van der Waals surface area contributed by atoms with Gasteiger partial charge in [0.05, 0.1) is 18.4 Å². The second kappa shape index (κ2) is 4.25. The molecule has 0 aliphatic rings. The summed E-state index contributed by atoms with van der Waals surface area (Å²) in [5, 5.41) is 3.08. The van der Waals surface area contributed by atoms with E-state index in [0.717, 1.165) is 12.1 Å². The van der Waals surface area contributed by atoms with Crippen molar-refractivity contribution in [1.29, 1.82) is 0 Å². The second-order valence-corrected chi connectivity index (χ2v) is 2.35. The summed E-state index contributed by atoms with van der Waals surface area (Å²) in [4.78, 5) is 13.4. The van der Waals surface area contributed by atoms with E-state index in [-0.39, 0.29) is 11.3 Å². The summed E-state index contributed by atoms with van der Waals surface area (Å²) in [7, 11) is 1.21. The van der Waals surface area contributed by atoms with Crippen LogP contribution in [0.25, 0.3) is 10.4 Å². The van der Waals surface area contributed by atoms with Crippen LogP contribution in [0.15, 0.2) is 23.3 Å². The Labute approximate surface area is 78.7 Å². The Balaban J connectivity index is 3.18. The van der Waals surface area contributed by atoms with E-state index in [2.05, 4.69) is 14.8 Å². The van der Waals surface area contributed by atoms with Gasteiger partial charge in [0.1, 0.15) is 5.82 Å². The van der Waals surface area contributed by atoms with Gasteiger partial charge in [-0.3, -0.25) is 0 Å². The summed E-state index contributed by atoms with van der Waals surface area (Å²) in [6.45, 7) is 0.